The zero-order chi connectivity index (χ0) is 23.9. The van der Waals surface area contributed by atoms with Crippen LogP contribution in [0.5, 0.6) is 0 Å². The number of hydrogen-bond acceptors (Lipinski definition) is 4. The maximum absolute atomic E-state index is 13.3. The molecule has 0 heterocycles. The molecule has 7 heteroatoms. The summed E-state index contributed by atoms with van der Waals surface area (Å²) in [6.45, 7) is 7.78. The SMILES string of the molecule is CCCC(=N)C(C)(CC(=N)CC)c1ccc(NC(=O)CNc2ccc(F)c(F)c2)c(C)c1. The number of carbonyl (C=O) groups is 1. The van der Waals surface area contributed by atoms with E-state index in [-0.39, 0.29) is 12.5 Å². The minimum atomic E-state index is -0.977. The van der Waals surface area contributed by atoms with Crippen molar-refractivity contribution in [3.8, 4) is 0 Å². The van der Waals surface area contributed by atoms with Crippen molar-refractivity contribution in [2.75, 3.05) is 17.2 Å². The van der Waals surface area contributed by atoms with E-state index in [9.17, 15) is 13.6 Å². The van der Waals surface area contributed by atoms with Gasteiger partial charge in [-0.2, -0.15) is 0 Å². The first kappa shape index (κ1) is 25.2. The smallest absolute Gasteiger partial charge is 0.243 e. The fourth-order valence-electron chi connectivity index (χ4n) is 3.59. The van der Waals surface area contributed by atoms with E-state index in [0.29, 0.717) is 42.1 Å². The van der Waals surface area contributed by atoms with Gasteiger partial charge in [0.1, 0.15) is 0 Å². The topological polar surface area (TPSA) is 88.8 Å². The van der Waals surface area contributed by atoms with Crippen molar-refractivity contribution in [2.45, 2.75) is 58.8 Å². The summed E-state index contributed by atoms with van der Waals surface area (Å²) in [5.74, 6) is -2.24. The second-order valence-corrected chi connectivity index (χ2v) is 8.25. The van der Waals surface area contributed by atoms with E-state index in [2.05, 4.69) is 10.6 Å². The summed E-state index contributed by atoms with van der Waals surface area (Å²) >= 11 is 0. The highest BCUT2D eigenvalue weighted by Gasteiger charge is 2.32. The highest BCUT2D eigenvalue weighted by molar-refractivity contribution is 5.98. The summed E-state index contributed by atoms with van der Waals surface area (Å²) in [5.41, 5.74) is 3.39. The molecule has 0 saturated carbocycles. The molecule has 5 nitrogen and oxygen atoms in total. The number of anilines is 2. The Morgan fingerprint density at radius 3 is 2.38 bits per heavy atom. The van der Waals surface area contributed by atoms with Gasteiger partial charge in [-0.15, -0.1) is 0 Å². The molecule has 0 saturated heterocycles. The van der Waals surface area contributed by atoms with Crippen LogP contribution >= 0.6 is 0 Å². The van der Waals surface area contributed by atoms with Crippen LogP contribution in [-0.2, 0) is 10.2 Å². The van der Waals surface area contributed by atoms with Gasteiger partial charge in [0.2, 0.25) is 5.91 Å². The maximum atomic E-state index is 13.3. The third kappa shape index (κ3) is 6.22. The average molecular weight is 443 g/mol. The Morgan fingerprint density at radius 2 is 1.78 bits per heavy atom. The lowest BCUT2D eigenvalue weighted by atomic mass is 9.72. The molecule has 0 aliphatic rings. The summed E-state index contributed by atoms with van der Waals surface area (Å²) in [6, 6.07) is 9.05. The van der Waals surface area contributed by atoms with Crippen LogP contribution in [0.2, 0.25) is 0 Å². The highest BCUT2D eigenvalue weighted by Crippen LogP contribution is 2.34. The lowest BCUT2D eigenvalue weighted by Crippen LogP contribution is -2.34. The van der Waals surface area contributed by atoms with Crippen molar-refractivity contribution in [1.82, 2.24) is 0 Å². The Morgan fingerprint density at radius 1 is 1.06 bits per heavy atom. The van der Waals surface area contributed by atoms with Crippen molar-refractivity contribution in [1.29, 1.82) is 10.8 Å². The number of halogens is 2. The first-order valence-electron chi connectivity index (χ1n) is 10.8. The van der Waals surface area contributed by atoms with Crippen LogP contribution < -0.4 is 10.6 Å². The van der Waals surface area contributed by atoms with Crippen LogP contribution in [0.3, 0.4) is 0 Å². The van der Waals surface area contributed by atoms with Crippen molar-refractivity contribution >= 4 is 28.7 Å². The Labute approximate surface area is 188 Å². The third-order valence-corrected chi connectivity index (χ3v) is 5.67. The third-order valence-electron chi connectivity index (χ3n) is 5.67. The molecule has 1 unspecified atom stereocenters. The van der Waals surface area contributed by atoms with Crippen LogP contribution in [0.4, 0.5) is 20.2 Å². The number of benzene rings is 2. The fourth-order valence-corrected chi connectivity index (χ4v) is 3.59. The molecule has 0 fully saturated rings. The monoisotopic (exact) mass is 442 g/mol. The lowest BCUT2D eigenvalue weighted by Gasteiger charge is -2.32. The number of nitrogens with one attached hydrogen (secondary N) is 4. The van der Waals surface area contributed by atoms with E-state index in [1.54, 1.807) is 0 Å². The van der Waals surface area contributed by atoms with Gasteiger partial charge >= 0.3 is 0 Å². The minimum absolute atomic E-state index is 0.0984. The number of rotatable bonds is 11. The number of aryl methyl sites for hydroxylation is 1. The van der Waals surface area contributed by atoms with Crippen LogP contribution in [0.1, 0.15) is 57.6 Å². The molecule has 2 aromatic carbocycles. The molecule has 0 spiro atoms. The van der Waals surface area contributed by atoms with Gasteiger partial charge in [0.25, 0.3) is 0 Å². The van der Waals surface area contributed by atoms with Gasteiger partial charge < -0.3 is 21.5 Å². The van der Waals surface area contributed by atoms with Gasteiger partial charge in [-0.1, -0.05) is 32.4 Å². The van der Waals surface area contributed by atoms with Crippen molar-refractivity contribution in [3.05, 3.63) is 59.2 Å². The molecule has 1 amide bonds. The van der Waals surface area contributed by atoms with E-state index in [1.165, 1.54) is 6.07 Å². The lowest BCUT2D eigenvalue weighted by molar-refractivity contribution is -0.114. The molecule has 2 aromatic rings. The van der Waals surface area contributed by atoms with E-state index >= 15 is 0 Å². The average Bonchev–Trinajstić information content (AvgIpc) is 2.75. The fraction of sp³-hybridized carbons (Fsp3) is 0.400. The Kier molecular flexibility index (Phi) is 8.63. The molecule has 0 aliphatic carbocycles. The summed E-state index contributed by atoms with van der Waals surface area (Å²) in [4.78, 5) is 12.3. The van der Waals surface area contributed by atoms with Crippen molar-refractivity contribution < 1.29 is 13.6 Å². The molecular weight excluding hydrogens is 410 g/mol. The Bertz CT molecular complexity index is 1010. The second kappa shape index (κ2) is 11.0. The van der Waals surface area contributed by atoms with Gasteiger partial charge in [-0.05, 0) is 62.4 Å². The summed E-state index contributed by atoms with van der Waals surface area (Å²) in [7, 11) is 0. The number of hydrogen-bond donors (Lipinski definition) is 4. The second-order valence-electron chi connectivity index (χ2n) is 8.25. The molecule has 32 heavy (non-hydrogen) atoms. The largest absolute Gasteiger partial charge is 0.376 e. The Balaban J connectivity index is 2.14. The van der Waals surface area contributed by atoms with E-state index < -0.39 is 17.0 Å². The first-order chi connectivity index (χ1) is 15.1. The molecule has 0 aliphatic heterocycles. The predicted molar refractivity (Wildman–Crippen MR) is 127 cm³/mol. The molecule has 0 radical (unpaired) electrons. The van der Waals surface area contributed by atoms with Gasteiger partial charge in [0, 0.05) is 34.3 Å². The molecule has 2 rings (SSSR count). The van der Waals surface area contributed by atoms with Gasteiger partial charge in [0.15, 0.2) is 11.6 Å². The maximum Gasteiger partial charge on any atom is 0.243 e. The number of carbonyl (C=O) groups excluding carboxylic acids is 1. The van der Waals surface area contributed by atoms with Crippen LogP contribution in [-0.4, -0.2) is 23.9 Å². The van der Waals surface area contributed by atoms with Crippen LogP contribution in [0.25, 0.3) is 0 Å². The normalized spacial score (nSPS) is 12.7. The van der Waals surface area contributed by atoms with Crippen molar-refractivity contribution in [3.63, 3.8) is 0 Å². The summed E-state index contributed by atoms with van der Waals surface area (Å²) in [6.07, 6.45) is 2.67. The van der Waals surface area contributed by atoms with Gasteiger partial charge in [0.05, 0.1) is 6.54 Å². The van der Waals surface area contributed by atoms with E-state index in [1.807, 2.05) is 45.9 Å². The zero-order valence-electron chi connectivity index (χ0n) is 19.2. The molecule has 0 aromatic heterocycles. The van der Waals surface area contributed by atoms with Gasteiger partial charge in [-0.25, -0.2) is 8.78 Å². The van der Waals surface area contributed by atoms with Gasteiger partial charge in [-0.3, -0.25) is 4.79 Å². The van der Waals surface area contributed by atoms with E-state index in [0.717, 1.165) is 29.7 Å². The van der Waals surface area contributed by atoms with E-state index in [4.69, 9.17) is 10.8 Å². The van der Waals surface area contributed by atoms with Crippen LogP contribution in [0.15, 0.2) is 36.4 Å². The zero-order valence-corrected chi connectivity index (χ0v) is 19.2. The molecule has 1 atom stereocenters. The first-order valence-corrected chi connectivity index (χ1v) is 10.8. The molecular formula is C25H32F2N4O. The number of amides is 1. The quantitative estimate of drug-likeness (QED) is 0.311. The van der Waals surface area contributed by atoms with Crippen molar-refractivity contribution in [2.24, 2.45) is 0 Å². The summed E-state index contributed by atoms with van der Waals surface area (Å²) < 4.78 is 26.3. The van der Waals surface area contributed by atoms with Crippen LogP contribution in [0, 0.1) is 29.4 Å². The molecule has 0 bridgehead atoms. The standard InChI is InChI=1S/C25H32F2N4O/c1-5-7-23(29)25(4,14-18(28)6-2)17-8-11-22(16(3)12-17)31-24(32)15-30-19-9-10-20(26)21(27)13-19/h8-13,28-30H,5-7,14-15H2,1-4H3,(H,31,32). The Hall–Kier alpha value is -3.09. The summed E-state index contributed by atoms with van der Waals surface area (Å²) in [5, 5.41) is 22.4. The molecule has 4 N–H and O–H groups in total. The minimum Gasteiger partial charge on any atom is -0.376 e. The molecule has 172 valence electrons. The predicted octanol–water partition coefficient (Wildman–Crippen LogP) is 6.22. The highest BCUT2D eigenvalue weighted by atomic mass is 19.2.